The van der Waals surface area contributed by atoms with Gasteiger partial charge < -0.3 is 5.32 Å². The van der Waals surface area contributed by atoms with Crippen LogP contribution in [0.2, 0.25) is 0 Å². The van der Waals surface area contributed by atoms with Crippen LogP contribution in [0.3, 0.4) is 0 Å². The predicted octanol–water partition coefficient (Wildman–Crippen LogP) is 0.561. The first-order valence-electron chi connectivity index (χ1n) is 6.77. The van der Waals surface area contributed by atoms with Crippen molar-refractivity contribution in [1.29, 1.82) is 0 Å². The van der Waals surface area contributed by atoms with Crippen molar-refractivity contribution in [2.75, 3.05) is 25.1 Å². The van der Waals surface area contributed by atoms with Crippen LogP contribution < -0.4 is 5.32 Å². The second kappa shape index (κ2) is 6.53. The SMILES string of the molecule is CN(CC(=O)NC1CCS(=O)(=O)C1)Cc1ccc(F)cc1. The number of nitrogens with one attached hydrogen (secondary N) is 1. The molecule has 1 fully saturated rings. The highest BCUT2D eigenvalue weighted by molar-refractivity contribution is 7.91. The third-order valence-electron chi connectivity index (χ3n) is 3.38. The Morgan fingerprint density at radius 2 is 2.05 bits per heavy atom. The van der Waals surface area contributed by atoms with Gasteiger partial charge in [0.05, 0.1) is 18.1 Å². The van der Waals surface area contributed by atoms with Gasteiger partial charge in [-0.2, -0.15) is 0 Å². The fraction of sp³-hybridized carbons (Fsp3) is 0.500. The van der Waals surface area contributed by atoms with Crippen LogP contribution in [-0.2, 0) is 21.2 Å². The molecule has 0 saturated carbocycles. The number of sulfone groups is 1. The minimum atomic E-state index is -2.99. The van der Waals surface area contributed by atoms with Crippen molar-refractivity contribution in [3.05, 3.63) is 35.6 Å². The maximum atomic E-state index is 12.8. The van der Waals surface area contributed by atoms with E-state index in [0.29, 0.717) is 13.0 Å². The Kier molecular flexibility index (Phi) is 4.95. The van der Waals surface area contributed by atoms with Crippen LogP contribution in [0.5, 0.6) is 0 Å². The van der Waals surface area contributed by atoms with Crippen molar-refractivity contribution in [3.8, 4) is 0 Å². The molecule has 0 bridgehead atoms. The van der Waals surface area contributed by atoms with Crippen LogP contribution in [0.15, 0.2) is 24.3 Å². The van der Waals surface area contributed by atoms with Crippen LogP contribution >= 0.6 is 0 Å². The molecule has 21 heavy (non-hydrogen) atoms. The molecule has 1 saturated heterocycles. The Morgan fingerprint density at radius 1 is 1.38 bits per heavy atom. The number of nitrogens with zero attached hydrogens (tertiary/aromatic N) is 1. The minimum Gasteiger partial charge on any atom is -0.351 e. The third-order valence-corrected chi connectivity index (χ3v) is 5.14. The molecule has 1 unspecified atom stereocenters. The average molecular weight is 314 g/mol. The van der Waals surface area contributed by atoms with Crippen LogP contribution in [0.25, 0.3) is 0 Å². The van der Waals surface area contributed by atoms with Crippen molar-refractivity contribution < 1.29 is 17.6 Å². The number of amides is 1. The normalized spacial score (nSPS) is 20.6. The summed E-state index contributed by atoms with van der Waals surface area (Å²) in [4.78, 5) is 13.7. The highest BCUT2D eigenvalue weighted by Crippen LogP contribution is 2.11. The summed E-state index contributed by atoms with van der Waals surface area (Å²) < 4.78 is 35.4. The fourth-order valence-electron chi connectivity index (χ4n) is 2.38. The van der Waals surface area contributed by atoms with Gasteiger partial charge in [0.25, 0.3) is 0 Å². The quantitative estimate of drug-likeness (QED) is 0.862. The number of hydrogen-bond donors (Lipinski definition) is 1. The first-order chi connectivity index (χ1) is 9.84. The third kappa shape index (κ3) is 5.09. The summed E-state index contributed by atoms with van der Waals surface area (Å²) in [6, 6.07) is 5.83. The molecule has 1 aliphatic rings. The molecular formula is C14H19FN2O3S. The lowest BCUT2D eigenvalue weighted by Crippen LogP contribution is -2.41. The van der Waals surface area contributed by atoms with Crippen LogP contribution in [0.1, 0.15) is 12.0 Å². The Morgan fingerprint density at radius 3 is 2.62 bits per heavy atom. The molecule has 5 nitrogen and oxygen atoms in total. The highest BCUT2D eigenvalue weighted by Gasteiger charge is 2.28. The lowest BCUT2D eigenvalue weighted by molar-refractivity contribution is -0.122. The number of carbonyl (C=O) groups is 1. The summed E-state index contributed by atoms with van der Waals surface area (Å²) in [5.41, 5.74) is 0.912. The molecule has 0 aliphatic carbocycles. The number of hydrogen-bond acceptors (Lipinski definition) is 4. The van der Waals surface area contributed by atoms with Gasteiger partial charge in [0.1, 0.15) is 5.82 Å². The Labute approximate surface area is 124 Å². The van der Waals surface area contributed by atoms with E-state index in [-0.39, 0.29) is 35.8 Å². The average Bonchev–Trinajstić information content (AvgIpc) is 2.71. The molecule has 0 radical (unpaired) electrons. The summed E-state index contributed by atoms with van der Waals surface area (Å²) in [5.74, 6) is -0.313. The molecule has 2 rings (SSSR count). The molecule has 1 amide bonds. The van der Waals surface area contributed by atoms with E-state index in [0.717, 1.165) is 5.56 Å². The van der Waals surface area contributed by atoms with Crippen molar-refractivity contribution in [3.63, 3.8) is 0 Å². The molecule has 7 heteroatoms. The molecule has 0 aromatic heterocycles. The zero-order valence-corrected chi connectivity index (χ0v) is 12.7. The van der Waals surface area contributed by atoms with E-state index in [1.165, 1.54) is 12.1 Å². The summed E-state index contributed by atoms with van der Waals surface area (Å²) in [7, 11) is -1.20. The van der Waals surface area contributed by atoms with Crippen molar-refractivity contribution in [2.24, 2.45) is 0 Å². The second-order valence-electron chi connectivity index (χ2n) is 5.47. The Hall–Kier alpha value is -1.47. The van der Waals surface area contributed by atoms with Gasteiger partial charge in [-0.15, -0.1) is 0 Å². The number of halogens is 1. The fourth-order valence-corrected chi connectivity index (χ4v) is 4.06. The predicted molar refractivity (Wildman–Crippen MR) is 77.9 cm³/mol. The summed E-state index contributed by atoms with van der Waals surface area (Å²) in [5, 5.41) is 2.74. The van der Waals surface area contributed by atoms with E-state index < -0.39 is 9.84 Å². The van der Waals surface area contributed by atoms with Crippen LogP contribution in [-0.4, -0.2) is 50.4 Å². The van der Waals surface area contributed by atoms with E-state index in [2.05, 4.69) is 5.32 Å². The molecule has 1 aromatic carbocycles. The Balaban J connectivity index is 1.78. The van der Waals surface area contributed by atoms with Gasteiger partial charge >= 0.3 is 0 Å². The van der Waals surface area contributed by atoms with Crippen LogP contribution in [0.4, 0.5) is 4.39 Å². The summed E-state index contributed by atoms with van der Waals surface area (Å²) in [6.07, 6.45) is 0.482. The maximum Gasteiger partial charge on any atom is 0.234 e. The maximum absolute atomic E-state index is 12.8. The molecule has 1 aromatic rings. The van der Waals surface area contributed by atoms with Gasteiger partial charge in [-0.3, -0.25) is 9.69 Å². The summed E-state index contributed by atoms with van der Waals surface area (Å²) >= 11 is 0. The molecule has 1 N–H and O–H groups in total. The molecule has 1 heterocycles. The smallest absolute Gasteiger partial charge is 0.234 e. The van der Waals surface area contributed by atoms with Gasteiger partial charge in [0, 0.05) is 12.6 Å². The van der Waals surface area contributed by atoms with Crippen LogP contribution in [0, 0.1) is 5.82 Å². The zero-order chi connectivity index (χ0) is 15.5. The molecule has 1 atom stereocenters. The monoisotopic (exact) mass is 314 g/mol. The van der Waals surface area contributed by atoms with Crippen molar-refractivity contribution in [1.82, 2.24) is 10.2 Å². The lowest BCUT2D eigenvalue weighted by Gasteiger charge is -2.18. The number of likely N-dealkylation sites (N-methyl/N-ethyl adjacent to an activating group) is 1. The molecule has 0 spiro atoms. The first kappa shape index (κ1) is 15.9. The Bertz CT molecular complexity index is 601. The van der Waals surface area contributed by atoms with Crippen molar-refractivity contribution >= 4 is 15.7 Å². The van der Waals surface area contributed by atoms with Gasteiger partial charge in [0.15, 0.2) is 9.84 Å². The number of rotatable bonds is 5. The zero-order valence-electron chi connectivity index (χ0n) is 11.9. The van der Waals surface area contributed by atoms with E-state index in [1.54, 1.807) is 24.1 Å². The standard InChI is InChI=1S/C14H19FN2O3S/c1-17(8-11-2-4-12(15)5-3-11)9-14(18)16-13-6-7-21(19,20)10-13/h2-5,13H,6-10H2,1H3,(H,16,18). The van der Waals surface area contributed by atoms with E-state index in [1.807, 2.05) is 0 Å². The second-order valence-corrected chi connectivity index (χ2v) is 7.69. The number of benzene rings is 1. The highest BCUT2D eigenvalue weighted by atomic mass is 32.2. The van der Waals surface area contributed by atoms with Crippen molar-refractivity contribution in [2.45, 2.75) is 19.0 Å². The van der Waals surface area contributed by atoms with E-state index in [4.69, 9.17) is 0 Å². The molecular weight excluding hydrogens is 295 g/mol. The summed E-state index contributed by atoms with van der Waals surface area (Å²) in [6.45, 7) is 0.699. The number of carbonyl (C=O) groups excluding carboxylic acids is 1. The largest absolute Gasteiger partial charge is 0.351 e. The van der Waals surface area contributed by atoms with Gasteiger partial charge in [-0.25, -0.2) is 12.8 Å². The van der Waals surface area contributed by atoms with E-state index in [9.17, 15) is 17.6 Å². The van der Waals surface area contributed by atoms with Gasteiger partial charge in [0.2, 0.25) is 5.91 Å². The minimum absolute atomic E-state index is 0.0282. The van der Waals surface area contributed by atoms with Gasteiger partial charge in [-0.1, -0.05) is 12.1 Å². The topological polar surface area (TPSA) is 66.5 Å². The molecule has 1 aliphatic heterocycles. The van der Waals surface area contributed by atoms with Gasteiger partial charge in [-0.05, 0) is 31.2 Å². The van der Waals surface area contributed by atoms with E-state index >= 15 is 0 Å². The molecule has 116 valence electrons. The lowest BCUT2D eigenvalue weighted by atomic mass is 10.2. The first-order valence-corrected chi connectivity index (χ1v) is 8.59.